The summed E-state index contributed by atoms with van der Waals surface area (Å²) in [5.41, 5.74) is 6.65. The molecule has 3 nitrogen and oxygen atoms in total. The molecular weight excluding hydrogens is 220 g/mol. The Bertz CT molecular complexity index is 357. The maximum Gasteiger partial charge on any atom is 0.261 e. The van der Waals surface area contributed by atoms with Gasteiger partial charge in [-0.2, -0.15) is 0 Å². The molecule has 16 heavy (non-hydrogen) atoms. The van der Waals surface area contributed by atoms with Gasteiger partial charge in [0.25, 0.3) is 5.91 Å². The van der Waals surface area contributed by atoms with Gasteiger partial charge in [-0.3, -0.25) is 4.79 Å². The van der Waals surface area contributed by atoms with E-state index in [1.807, 2.05) is 6.92 Å². The summed E-state index contributed by atoms with van der Waals surface area (Å²) >= 11 is 1.44. The third-order valence-electron chi connectivity index (χ3n) is 2.34. The lowest BCUT2D eigenvalue weighted by Crippen LogP contribution is -2.26. The Morgan fingerprint density at radius 3 is 2.56 bits per heavy atom. The lowest BCUT2D eigenvalue weighted by molar-refractivity contribution is 0.0953. The number of carbonyl (C=O) groups excluding carboxylic acids is 1. The molecule has 1 aromatic heterocycles. The van der Waals surface area contributed by atoms with E-state index < -0.39 is 0 Å². The third-order valence-corrected chi connectivity index (χ3v) is 3.41. The van der Waals surface area contributed by atoms with Gasteiger partial charge in [0.1, 0.15) is 0 Å². The Labute approximate surface area is 101 Å². The van der Waals surface area contributed by atoms with E-state index in [4.69, 9.17) is 5.73 Å². The average Bonchev–Trinajstić information content (AvgIpc) is 2.45. The van der Waals surface area contributed by atoms with E-state index in [2.05, 4.69) is 26.1 Å². The van der Waals surface area contributed by atoms with Crippen LogP contribution in [0, 0.1) is 12.3 Å². The van der Waals surface area contributed by atoms with Crippen molar-refractivity contribution in [2.24, 2.45) is 5.41 Å². The Morgan fingerprint density at radius 2 is 2.12 bits per heavy atom. The average molecular weight is 240 g/mol. The fraction of sp³-hybridized carbons (Fsp3) is 0.583. The summed E-state index contributed by atoms with van der Waals surface area (Å²) in [7, 11) is 0. The van der Waals surface area contributed by atoms with Gasteiger partial charge in [-0.05, 0) is 24.8 Å². The van der Waals surface area contributed by atoms with Crippen LogP contribution in [0.15, 0.2) is 6.07 Å². The van der Waals surface area contributed by atoms with Crippen LogP contribution in [-0.2, 0) is 0 Å². The summed E-state index contributed by atoms with van der Waals surface area (Å²) in [5.74, 6) is -0.0194. The van der Waals surface area contributed by atoms with Crippen LogP contribution in [-0.4, -0.2) is 12.5 Å². The van der Waals surface area contributed by atoms with Crippen LogP contribution in [0.4, 0.5) is 5.69 Å². The summed E-state index contributed by atoms with van der Waals surface area (Å²) in [6.07, 6.45) is 0.971. The summed E-state index contributed by atoms with van der Waals surface area (Å²) in [5, 5.41) is 2.91. The van der Waals surface area contributed by atoms with E-state index in [-0.39, 0.29) is 11.3 Å². The summed E-state index contributed by atoms with van der Waals surface area (Å²) in [4.78, 5) is 13.4. The van der Waals surface area contributed by atoms with Crippen LogP contribution < -0.4 is 11.1 Å². The van der Waals surface area contributed by atoms with Crippen molar-refractivity contribution < 1.29 is 4.79 Å². The lowest BCUT2D eigenvalue weighted by atomic mass is 9.92. The van der Waals surface area contributed by atoms with Crippen molar-refractivity contribution in [2.45, 2.75) is 34.1 Å². The topological polar surface area (TPSA) is 55.1 Å². The highest BCUT2D eigenvalue weighted by molar-refractivity contribution is 7.14. The van der Waals surface area contributed by atoms with Crippen molar-refractivity contribution in [3.63, 3.8) is 0 Å². The molecule has 1 heterocycles. The number of thiophene rings is 1. The van der Waals surface area contributed by atoms with E-state index in [0.717, 1.165) is 11.3 Å². The molecule has 3 N–H and O–H groups in total. The second-order valence-corrected chi connectivity index (χ2v) is 6.45. The second kappa shape index (κ2) is 4.87. The first-order chi connectivity index (χ1) is 7.29. The number of nitrogens with two attached hydrogens (primary N) is 1. The Kier molecular flexibility index (Phi) is 3.97. The van der Waals surface area contributed by atoms with Crippen molar-refractivity contribution in [3.05, 3.63) is 15.8 Å². The molecular formula is C12H20N2OS. The minimum atomic E-state index is -0.0194. The van der Waals surface area contributed by atoms with Crippen LogP contribution in [0.2, 0.25) is 0 Å². The van der Waals surface area contributed by atoms with Crippen LogP contribution in [0.1, 0.15) is 41.7 Å². The first kappa shape index (κ1) is 13.0. The van der Waals surface area contributed by atoms with Gasteiger partial charge in [0.15, 0.2) is 0 Å². The van der Waals surface area contributed by atoms with Crippen molar-refractivity contribution >= 4 is 22.9 Å². The third kappa shape index (κ3) is 3.85. The van der Waals surface area contributed by atoms with E-state index in [0.29, 0.717) is 17.1 Å². The van der Waals surface area contributed by atoms with Gasteiger partial charge in [0, 0.05) is 17.1 Å². The van der Waals surface area contributed by atoms with Crippen LogP contribution in [0.25, 0.3) is 0 Å². The molecule has 1 rings (SSSR count). The molecule has 0 aliphatic carbocycles. The normalized spacial score (nSPS) is 11.5. The van der Waals surface area contributed by atoms with Crippen LogP contribution >= 0.6 is 11.3 Å². The number of nitrogen functional groups attached to an aromatic ring is 1. The van der Waals surface area contributed by atoms with Gasteiger partial charge in [-0.15, -0.1) is 11.3 Å². The number of anilines is 1. The molecule has 1 aromatic rings. The zero-order valence-corrected chi connectivity index (χ0v) is 11.2. The minimum Gasteiger partial charge on any atom is -0.398 e. The number of nitrogens with one attached hydrogen (secondary N) is 1. The zero-order chi connectivity index (χ0) is 12.3. The minimum absolute atomic E-state index is 0.0194. The van der Waals surface area contributed by atoms with Gasteiger partial charge in [-0.25, -0.2) is 0 Å². The fourth-order valence-corrected chi connectivity index (χ4v) is 2.10. The maximum atomic E-state index is 11.7. The van der Waals surface area contributed by atoms with E-state index in [9.17, 15) is 4.79 Å². The molecule has 0 fully saturated rings. The van der Waals surface area contributed by atoms with Gasteiger partial charge in [-0.1, -0.05) is 20.8 Å². The van der Waals surface area contributed by atoms with Gasteiger partial charge >= 0.3 is 0 Å². The van der Waals surface area contributed by atoms with E-state index >= 15 is 0 Å². The highest BCUT2D eigenvalue weighted by Gasteiger charge is 2.13. The van der Waals surface area contributed by atoms with E-state index in [1.54, 1.807) is 6.07 Å². The fourth-order valence-electron chi connectivity index (χ4n) is 1.25. The van der Waals surface area contributed by atoms with Gasteiger partial charge in [0.05, 0.1) is 4.88 Å². The van der Waals surface area contributed by atoms with Crippen molar-refractivity contribution in [3.8, 4) is 0 Å². The second-order valence-electron chi connectivity index (χ2n) is 5.19. The quantitative estimate of drug-likeness (QED) is 0.853. The maximum absolute atomic E-state index is 11.7. The first-order valence-corrected chi connectivity index (χ1v) is 6.25. The van der Waals surface area contributed by atoms with E-state index in [1.165, 1.54) is 11.3 Å². The highest BCUT2D eigenvalue weighted by atomic mass is 32.1. The SMILES string of the molecule is Cc1sc(C(=O)NCCC(C)(C)C)cc1N. The molecule has 0 spiro atoms. The molecule has 0 atom stereocenters. The summed E-state index contributed by atoms with van der Waals surface area (Å²) < 4.78 is 0. The monoisotopic (exact) mass is 240 g/mol. The summed E-state index contributed by atoms with van der Waals surface area (Å²) in [6, 6.07) is 1.74. The largest absolute Gasteiger partial charge is 0.398 e. The number of amides is 1. The molecule has 0 aromatic carbocycles. The Hall–Kier alpha value is -1.03. The predicted octanol–water partition coefficient (Wildman–Crippen LogP) is 2.80. The highest BCUT2D eigenvalue weighted by Crippen LogP contribution is 2.23. The number of carbonyl (C=O) groups is 1. The first-order valence-electron chi connectivity index (χ1n) is 5.44. The standard InChI is InChI=1S/C12H20N2OS/c1-8-9(13)7-10(16-8)11(15)14-6-5-12(2,3)4/h7H,5-6,13H2,1-4H3,(H,14,15). The molecule has 90 valence electrons. The molecule has 0 bridgehead atoms. The number of hydrogen-bond donors (Lipinski definition) is 2. The molecule has 0 radical (unpaired) electrons. The van der Waals surface area contributed by atoms with Crippen molar-refractivity contribution in [2.75, 3.05) is 12.3 Å². The van der Waals surface area contributed by atoms with Gasteiger partial charge < -0.3 is 11.1 Å². The molecule has 0 saturated carbocycles. The van der Waals surface area contributed by atoms with Gasteiger partial charge in [0.2, 0.25) is 0 Å². The van der Waals surface area contributed by atoms with Crippen molar-refractivity contribution in [1.82, 2.24) is 5.32 Å². The lowest BCUT2D eigenvalue weighted by Gasteiger charge is -2.17. The van der Waals surface area contributed by atoms with Crippen LogP contribution in [0.5, 0.6) is 0 Å². The molecule has 0 aliphatic rings. The summed E-state index contributed by atoms with van der Waals surface area (Å²) in [6.45, 7) is 9.11. The number of aryl methyl sites for hydroxylation is 1. The molecule has 1 amide bonds. The predicted molar refractivity (Wildman–Crippen MR) is 69.9 cm³/mol. The smallest absolute Gasteiger partial charge is 0.261 e. The van der Waals surface area contributed by atoms with Crippen molar-refractivity contribution in [1.29, 1.82) is 0 Å². The zero-order valence-electron chi connectivity index (χ0n) is 10.4. The number of rotatable bonds is 3. The molecule has 0 saturated heterocycles. The Balaban J connectivity index is 2.47. The molecule has 0 unspecified atom stereocenters. The molecule has 4 heteroatoms. The Morgan fingerprint density at radius 1 is 1.50 bits per heavy atom. The number of hydrogen-bond acceptors (Lipinski definition) is 3. The molecule has 0 aliphatic heterocycles. The van der Waals surface area contributed by atoms with Crippen LogP contribution in [0.3, 0.4) is 0 Å².